The Morgan fingerprint density at radius 3 is 2.19 bits per heavy atom. The van der Waals surface area contributed by atoms with Crippen molar-refractivity contribution >= 4 is 41.4 Å². The van der Waals surface area contributed by atoms with Crippen molar-refractivity contribution in [1.82, 2.24) is 16.0 Å². The molecule has 0 bridgehead atoms. The summed E-state index contributed by atoms with van der Waals surface area (Å²) in [6, 6.07) is -1.91. The molecule has 0 radical (unpaired) electrons. The Labute approximate surface area is 155 Å². The van der Waals surface area contributed by atoms with E-state index in [1.165, 1.54) is 11.8 Å². The van der Waals surface area contributed by atoms with E-state index < -0.39 is 54.8 Å². The van der Waals surface area contributed by atoms with Crippen molar-refractivity contribution in [2.45, 2.75) is 31.3 Å². The Morgan fingerprint density at radius 2 is 1.65 bits per heavy atom. The number of hydrogen-bond acceptors (Lipinski definition) is 7. The number of carboxylic acid groups (broad SMARTS) is 1. The molecule has 0 saturated carbocycles. The number of carboxylic acids is 1. The second kappa shape index (κ2) is 12.9. The summed E-state index contributed by atoms with van der Waals surface area (Å²) in [7, 11) is 0. The maximum atomic E-state index is 11.9. The average molecular weight is 391 g/mol. The third-order valence-electron chi connectivity index (χ3n) is 3.14. The molecule has 0 heterocycles. The standard InChI is InChI=1S/C14H25N5O6S/c1-26-5-4-8(15)13(24)17-6-11(21)19-9(2-3-10(16)20)14(25)18-7-12(22)23/h8-9H,2-7,15H2,1H3,(H2,16,20)(H,17,24)(H,18,25)(H,19,21)(H,22,23). The molecule has 4 amide bonds. The van der Waals surface area contributed by atoms with Gasteiger partial charge in [-0.1, -0.05) is 0 Å². The Balaban J connectivity index is 4.55. The molecule has 0 rings (SSSR count). The number of nitrogens with two attached hydrogens (primary N) is 2. The molecule has 0 aromatic heterocycles. The van der Waals surface area contributed by atoms with E-state index in [2.05, 4.69) is 16.0 Å². The van der Waals surface area contributed by atoms with Gasteiger partial charge in [0.2, 0.25) is 23.6 Å². The molecular weight excluding hydrogens is 366 g/mol. The van der Waals surface area contributed by atoms with Crippen LogP contribution in [0.3, 0.4) is 0 Å². The Hall–Kier alpha value is -2.34. The average Bonchev–Trinajstić information content (AvgIpc) is 2.58. The normalized spacial score (nSPS) is 12.5. The Morgan fingerprint density at radius 1 is 1.04 bits per heavy atom. The van der Waals surface area contributed by atoms with Crippen LogP contribution in [0.25, 0.3) is 0 Å². The summed E-state index contributed by atoms with van der Waals surface area (Å²) in [5, 5.41) is 15.3. The quantitative estimate of drug-likeness (QED) is 0.193. The van der Waals surface area contributed by atoms with Gasteiger partial charge in [-0.2, -0.15) is 11.8 Å². The molecule has 11 nitrogen and oxygen atoms in total. The van der Waals surface area contributed by atoms with E-state index >= 15 is 0 Å². The molecule has 2 atom stereocenters. The number of carbonyl (C=O) groups excluding carboxylic acids is 4. The van der Waals surface area contributed by atoms with Crippen molar-refractivity contribution in [2.24, 2.45) is 11.5 Å². The second-order valence-corrected chi connectivity index (χ2v) is 6.33. The van der Waals surface area contributed by atoms with Crippen LogP contribution < -0.4 is 27.4 Å². The fourth-order valence-corrected chi connectivity index (χ4v) is 2.25. The molecule has 26 heavy (non-hydrogen) atoms. The first-order valence-corrected chi connectivity index (χ1v) is 9.16. The number of primary amides is 1. The highest BCUT2D eigenvalue weighted by Crippen LogP contribution is 1.99. The summed E-state index contributed by atoms with van der Waals surface area (Å²) < 4.78 is 0. The van der Waals surface area contributed by atoms with Crippen LogP contribution in [0, 0.1) is 0 Å². The Bertz CT molecular complexity index is 530. The van der Waals surface area contributed by atoms with E-state index in [9.17, 15) is 24.0 Å². The van der Waals surface area contributed by atoms with Gasteiger partial charge in [-0.25, -0.2) is 0 Å². The van der Waals surface area contributed by atoms with Crippen molar-refractivity contribution in [3.05, 3.63) is 0 Å². The van der Waals surface area contributed by atoms with Crippen LogP contribution in [0.5, 0.6) is 0 Å². The molecule has 0 spiro atoms. The lowest BCUT2D eigenvalue weighted by Crippen LogP contribution is -2.51. The lowest BCUT2D eigenvalue weighted by Gasteiger charge is -2.18. The number of amides is 4. The van der Waals surface area contributed by atoms with Crippen LogP contribution in [-0.2, 0) is 24.0 Å². The molecule has 0 fully saturated rings. The SMILES string of the molecule is CSCCC(N)C(=O)NCC(=O)NC(CCC(N)=O)C(=O)NCC(=O)O. The van der Waals surface area contributed by atoms with Gasteiger partial charge < -0.3 is 32.5 Å². The number of aliphatic carboxylic acids is 1. The van der Waals surface area contributed by atoms with Gasteiger partial charge in [-0.15, -0.1) is 0 Å². The van der Waals surface area contributed by atoms with Crippen LogP contribution in [0.1, 0.15) is 19.3 Å². The van der Waals surface area contributed by atoms with E-state index in [0.717, 1.165) is 0 Å². The summed E-state index contributed by atoms with van der Waals surface area (Å²) in [5.41, 5.74) is 10.7. The largest absolute Gasteiger partial charge is 0.480 e. The number of rotatable bonds is 13. The van der Waals surface area contributed by atoms with Gasteiger partial charge >= 0.3 is 5.97 Å². The smallest absolute Gasteiger partial charge is 0.322 e. The van der Waals surface area contributed by atoms with Gasteiger partial charge in [-0.05, 0) is 24.9 Å². The van der Waals surface area contributed by atoms with E-state index in [0.29, 0.717) is 12.2 Å². The molecule has 2 unspecified atom stereocenters. The highest BCUT2D eigenvalue weighted by molar-refractivity contribution is 7.98. The zero-order valence-electron chi connectivity index (χ0n) is 14.4. The van der Waals surface area contributed by atoms with E-state index in [1.807, 2.05) is 6.26 Å². The summed E-state index contributed by atoms with van der Waals surface area (Å²) in [4.78, 5) is 56.9. The zero-order chi connectivity index (χ0) is 20.1. The fourth-order valence-electron chi connectivity index (χ4n) is 1.76. The van der Waals surface area contributed by atoms with Crippen molar-refractivity contribution in [1.29, 1.82) is 0 Å². The molecular formula is C14H25N5O6S. The molecule has 8 N–H and O–H groups in total. The molecule has 0 aromatic carbocycles. The monoisotopic (exact) mass is 391 g/mol. The fraction of sp³-hybridized carbons (Fsp3) is 0.643. The third-order valence-corrected chi connectivity index (χ3v) is 3.78. The number of thioether (sulfide) groups is 1. The minimum atomic E-state index is -1.26. The van der Waals surface area contributed by atoms with Gasteiger partial charge in [-0.3, -0.25) is 24.0 Å². The van der Waals surface area contributed by atoms with Gasteiger partial charge in [0, 0.05) is 6.42 Å². The maximum absolute atomic E-state index is 11.9. The van der Waals surface area contributed by atoms with Crippen LogP contribution in [0.4, 0.5) is 0 Å². The predicted octanol–water partition coefficient (Wildman–Crippen LogP) is -2.87. The minimum absolute atomic E-state index is 0.103. The first-order chi connectivity index (χ1) is 12.2. The molecule has 12 heteroatoms. The summed E-state index contributed by atoms with van der Waals surface area (Å²) >= 11 is 1.53. The predicted molar refractivity (Wildman–Crippen MR) is 95.0 cm³/mol. The third kappa shape index (κ3) is 11.3. The van der Waals surface area contributed by atoms with E-state index in [-0.39, 0.29) is 12.8 Å². The lowest BCUT2D eigenvalue weighted by atomic mass is 10.1. The van der Waals surface area contributed by atoms with E-state index in [1.54, 1.807) is 0 Å². The highest BCUT2D eigenvalue weighted by atomic mass is 32.2. The minimum Gasteiger partial charge on any atom is -0.480 e. The van der Waals surface area contributed by atoms with Gasteiger partial charge in [0.25, 0.3) is 0 Å². The van der Waals surface area contributed by atoms with Gasteiger partial charge in [0.15, 0.2) is 0 Å². The van der Waals surface area contributed by atoms with Crippen molar-refractivity contribution in [2.75, 3.05) is 25.1 Å². The maximum Gasteiger partial charge on any atom is 0.322 e. The number of nitrogens with one attached hydrogen (secondary N) is 3. The zero-order valence-corrected chi connectivity index (χ0v) is 15.3. The van der Waals surface area contributed by atoms with Gasteiger partial charge in [0.1, 0.15) is 12.6 Å². The molecule has 148 valence electrons. The second-order valence-electron chi connectivity index (χ2n) is 5.34. The van der Waals surface area contributed by atoms with Crippen LogP contribution >= 0.6 is 11.8 Å². The van der Waals surface area contributed by atoms with Crippen molar-refractivity contribution < 1.29 is 29.1 Å². The van der Waals surface area contributed by atoms with Gasteiger partial charge in [0.05, 0.1) is 12.6 Å². The molecule has 0 saturated heterocycles. The Kier molecular flexibility index (Phi) is 11.8. The van der Waals surface area contributed by atoms with Crippen molar-refractivity contribution in [3.63, 3.8) is 0 Å². The topological polar surface area (TPSA) is 194 Å². The number of carbonyl (C=O) groups is 5. The van der Waals surface area contributed by atoms with Crippen LogP contribution in [-0.4, -0.2) is 71.9 Å². The van der Waals surface area contributed by atoms with Crippen LogP contribution in [0.15, 0.2) is 0 Å². The molecule has 0 aromatic rings. The number of hydrogen-bond donors (Lipinski definition) is 6. The molecule has 0 aliphatic heterocycles. The first kappa shape index (κ1) is 23.7. The lowest BCUT2D eigenvalue weighted by molar-refractivity contribution is -0.138. The summed E-state index contributed by atoms with van der Waals surface area (Å²) in [6.07, 6.45) is 2.04. The highest BCUT2D eigenvalue weighted by Gasteiger charge is 2.22. The first-order valence-electron chi connectivity index (χ1n) is 7.76. The summed E-state index contributed by atoms with van der Waals surface area (Å²) in [6.45, 7) is -1.05. The van der Waals surface area contributed by atoms with Crippen LogP contribution in [0.2, 0.25) is 0 Å². The van der Waals surface area contributed by atoms with Crippen molar-refractivity contribution in [3.8, 4) is 0 Å². The summed E-state index contributed by atoms with van der Waals surface area (Å²) in [5.74, 6) is -3.20. The molecule has 0 aliphatic carbocycles. The van der Waals surface area contributed by atoms with E-state index in [4.69, 9.17) is 16.6 Å². The molecule has 0 aliphatic rings.